The molecule has 0 aliphatic carbocycles. The minimum Gasteiger partial charge on any atom is -0.480 e. The van der Waals surface area contributed by atoms with Gasteiger partial charge in [0.2, 0.25) is 5.95 Å². The molecule has 1 unspecified atom stereocenters. The van der Waals surface area contributed by atoms with E-state index in [0.29, 0.717) is 35.4 Å². The third kappa shape index (κ3) is 7.79. The van der Waals surface area contributed by atoms with Crippen LogP contribution in [-0.2, 0) is 21.2 Å². The van der Waals surface area contributed by atoms with Gasteiger partial charge in [0.25, 0.3) is 10.0 Å². The van der Waals surface area contributed by atoms with Crippen molar-refractivity contribution < 1.29 is 27.9 Å². The van der Waals surface area contributed by atoms with E-state index in [4.69, 9.17) is 16.3 Å². The fourth-order valence-corrected chi connectivity index (χ4v) is 5.60. The number of aliphatic carboxylic acids is 1. The molecule has 42 heavy (non-hydrogen) atoms. The average Bonchev–Trinajstić information content (AvgIpc) is 2.95. The van der Waals surface area contributed by atoms with Crippen LogP contribution in [-0.4, -0.2) is 80.2 Å². The molecule has 0 radical (unpaired) electrons. The number of carbonyl (C=O) groups excluding carboxylic acids is 1. The molecule has 1 atom stereocenters. The van der Waals surface area contributed by atoms with Gasteiger partial charge in [-0.15, -0.1) is 0 Å². The van der Waals surface area contributed by atoms with Crippen LogP contribution in [0.4, 0.5) is 22.2 Å². The molecule has 0 aliphatic heterocycles. The number of nitrogens with zero attached hydrogens (tertiary/aromatic N) is 5. The Morgan fingerprint density at radius 3 is 2.14 bits per heavy atom. The zero-order chi connectivity index (χ0) is 31.0. The number of hydrogen-bond donors (Lipinski definition) is 2. The van der Waals surface area contributed by atoms with E-state index in [1.165, 1.54) is 35.4 Å². The molecule has 0 fully saturated rings. The van der Waals surface area contributed by atoms with Gasteiger partial charge in [-0.2, -0.15) is 4.98 Å². The molecular formula is C28H35ClN6O6S. The largest absolute Gasteiger partial charge is 0.480 e. The Morgan fingerprint density at radius 1 is 1.00 bits per heavy atom. The third-order valence-electron chi connectivity index (χ3n) is 6.30. The first-order valence-electron chi connectivity index (χ1n) is 13.3. The molecule has 226 valence electrons. The number of carboxylic acids is 1. The van der Waals surface area contributed by atoms with Crippen LogP contribution in [0.2, 0.25) is 5.02 Å². The minimum absolute atomic E-state index is 0.0114. The van der Waals surface area contributed by atoms with Gasteiger partial charge in [-0.1, -0.05) is 23.7 Å². The number of carbonyl (C=O) groups is 2. The van der Waals surface area contributed by atoms with Gasteiger partial charge in [-0.25, -0.2) is 23.0 Å². The topological polar surface area (TPSA) is 145 Å². The molecule has 0 spiro atoms. The summed E-state index contributed by atoms with van der Waals surface area (Å²) in [5.41, 5.74) is 0.737. The molecule has 0 aliphatic rings. The van der Waals surface area contributed by atoms with Crippen molar-refractivity contribution in [3.63, 3.8) is 0 Å². The van der Waals surface area contributed by atoms with Gasteiger partial charge in [-0.3, -0.25) is 4.31 Å². The van der Waals surface area contributed by atoms with Crippen LogP contribution >= 0.6 is 11.6 Å². The van der Waals surface area contributed by atoms with Crippen LogP contribution in [0.3, 0.4) is 0 Å². The van der Waals surface area contributed by atoms with E-state index >= 15 is 0 Å². The van der Waals surface area contributed by atoms with E-state index in [1.54, 1.807) is 45.3 Å². The van der Waals surface area contributed by atoms with E-state index in [-0.39, 0.29) is 29.4 Å². The van der Waals surface area contributed by atoms with Gasteiger partial charge in [0, 0.05) is 45.2 Å². The number of rotatable bonds is 13. The summed E-state index contributed by atoms with van der Waals surface area (Å²) in [7, 11) is -0.949. The quantitative estimate of drug-likeness (QED) is 0.283. The number of halogens is 1. The summed E-state index contributed by atoms with van der Waals surface area (Å²) in [5.74, 6) is -0.487. The predicted octanol–water partition coefficient (Wildman–Crippen LogP) is 4.36. The molecule has 1 amide bonds. The highest BCUT2D eigenvalue weighted by atomic mass is 35.5. The molecule has 2 aromatic carbocycles. The number of amides is 1. The fraction of sp³-hybridized carbons (Fsp3) is 0.357. The Bertz CT molecular complexity index is 1480. The van der Waals surface area contributed by atoms with Gasteiger partial charge >= 0.3 is 12.1 Å². The standard InChI is InChI=1S/C28H35ClN6O6S/c1-6-34(7-2)27-30-18-24(35(8-3)42(39,40)22-15-11-20(29)12-16-22)25(32-27)31-23(26(36)37)17-19-9-13-21(14-10-19)41-28(38)33(4)5/h9-16,18,23H,6-8,17H2,1-5H3,(H,36,37)(H,30,31,32). The van der Waals surface area contributed by atoms with Crippen LogP contribution in [0.15, 0.2) is 59.6 Å². The van der Waals surface area contributed by atoms with Gasteiger partial charge in [0.15, 0.2) is 5.82 Å². The lowest BCUT2D eigenvalue weighted by atomic mass is 10.1. The van der Waals surface area contributed by atoms with Crippen molar-refractivity contribution in [2.45, 2.75) is 38.1 Å². The SMILES string of the molecule is CCN(CC)c1ncc(N(CC)S(=O)(=O)c2ccc(Cl)cc2)c(NC(Cc2ccc(OC(=O)N(C)C)cc2)C(=O)O)n1. The van der Waals surface area contributed by atoms with Crippen LogP contribution in [0.25, 0.3) is 0 Å². The zero-order valence-corrected chi connectivity index (χ0v) is 25.7. The normalized spacial score (nSPS) is 11.9. The molecular weight excluding hydrogens is 584 g/mol. The maximum absolute atomic E-state index is 13.7. The summed E-state index contributed by atoms with van der Waals surface area (Å²) < 4.78 is 33.7. The Kier molecular flexibility index (Phi) is 10.9. The van der Waals surface area contributed by atoms with Crippen molar-refractivity contribution in [1.82, 2.24) is 14.9 Å². The van der Waals surface area contributed by atoms with Gasteiger partial charge in [-0.05, 0) is 62.7 Å². The van der Waals surface area contributed by atoms with E-state index in [1.807, 2.05) is 18.7 Å². The highest BCUT2D eigenvalue weighted by molar-refractivity contribution is 7.92. The molecule has 1 heterocycles. The van der Waals surface area contributed by atoms with E-state index < -0.39 is 28.1 Å². The van der Waals surface area contributed by atoms with Crippen LogP contribution in [0.5, 0.6) is 5.75 Å². The van der Waals surface area contributed by atoms with E-state index in [0.717, 1.165) is 4.31 Å². The predicted molar refractivity (Wildman–Crippen MR) is 162 cm³/mol. The number of benzene rings is 2. The summed E-state index contributed by atoms with van der Waals surface area (Å²) in [6.45, 7) is 6.72. The second-order valence-corrected chi connectivity index (χ2v) is 11.6. The van der Waals surface area contributed by atoms with Crippen molar-refractivity contribution in [3.8, 4) is 5.75 Å². The smallest absolute Gasteiger partial charge is 0.414 e. The summed E-state index contributed by atoms with van der Waals surface area (Å²) in [6.07, 6.45) is 0.867. The number of ether oxygens (including phenoxy) is 1. The number of aromatic nitrogens is 2. The molecule has 3 aromatic rings. The lowest BCUT2D eigenvalue weighted by Crippen LogP contribution is -2.36. The number of sulfonamides is 1. The second-order valence-electron chi connectivity index (χ2n) is 9.35. The maximum Gasteiger partial charge on any atom is 0.414 e. The lowest BCUT2D eigenvalue weighted by Gasteiger charge is -2.27. The van der Waals surface area contributed by atoms with Gasteiger partial charge in [0.05, 0.1) is 11.1 Å². The molecule has 12 nitrogen and oxygen atoms in total. The number of carboxylic acid groups (broad SMARTS) is 1. The third-order valence-corrected chi connectivity index (χ3v) is 8.46. The van der Waals surface area contributed by atoms with Gasteiger partial charge < -0.3 is 25.0 Å². The number of nitrogens with one attached hydrogen (secondary N) is 1. The van der Waals surface area contributed by atoms with E-state index in [9.17, 15) is 23.1 Å². The van der Waals surface area contributed by atoms with Crippen molar-refractivity contribution in [2.24, 2.45) is 0 Å². The first-order chi connectivity index (χ1) is 19.9. The average molecular weight is 619 g/mol. The summed E-state index contributed by atoms with van der Waals surface area (Å²) in [6, 6.07) is 11.0. The number of anilines is 3. The Morgan fingerprint density at radius 2 is 1.62 bits per heavy atom. The van der Waals surface area contributed by atoms with Crippen LogP contribution < -0.4 is 19.3 Å². The van der Waals surface area contributed by atoms with Crippen molar-refractivity contribution in [3.05, 3.63) is 65.3 Å². The second kappa shape index (κ2) is 14.2. The number of hydrogen-bond acceptors (Lipinski definition) is 9. The molecule has 3 rings (SSSR count). The minimum atomic E-state index is -4.07. The zero-order valence-electron chi connectivity index (χ0n) is 24.1. The molecule has 1 aromatic heterocycles. The fourth-order valence-electron chi connectivity index (χ4n) is 4.00. The molecule has 14 heteroatoms. The van der Waals surface area contributed by atoms with Crippen molar-refractivity contribution >= 4 is 51.1 Å². The Hall–Kier alpha value is -4.10. The van der Waals surface area contributed by atoms with Crippen LogP contribution in [0.1, 0.15) is 26.3 Å². The Labute approximate surface area is 250 Å². The first-order valence-corrected chi connectivity index (χ1v) is 15.1. The summed E-state index contributed by atoms with van der Waals surface area (Å²) >= 11 is 5.97. The summed E-state index contributed by atoms with van der Waals surface area (Å²) in [5, 5.41) is 13.5. The highest BCUT2D eigenvalue weighted by Crippen LogP contribution is 2.31. The van der Waals surface area contributed by atoms with Crippen molar-refractivity contribution in [2.75, 3.05) is 48.3 Å². The molecule has 0 saturated carbocycles. The summed E-state index contributed by atoms with van der Waals surface area (Å²) in [4.78, 5) is 36.4. The lowest BCUT2D eigenvalue weighted by molar-refractivity contribution is -0.137. The van der Waals surface area contributed by atoms with Crippen LogP contribution in [0, 0.1) is 0 Å². The molecule has 0 bridgehead atoms. The maximum atomic E-state index is 13.7. The first kappa shape index (κ1) is 32.4. The monoisotopic (exact) mass is 618 g/mol. The molecule has 0 saturated heterocycles. The van der Waals surface area contributed by atoms with Crippen molar-refractivity contribution in [1.29, 1.82) is 0 Å². The van der Waals surface area contributed by atoms with Gasteiger partial charge in [0.1, 0.15) is 17.5 Å². The molecule has 2 N–H and O–H groups in total. The highest BCUT2D eigenvalue weighted by Gasteiger charge is 2.29. The van der Waals surface area contributed by atoms with E-state index in [2.05, 4.69) is 15.3 Å². The Balaban J connectivity index is 2.00.